The van der Waals surface area contributed by atoms with Crippen molar-refractivity contribution in [2.75, 3.05) is 6.54 Å². The summed E-state index contributed by atoms with van der Waals surface area (Å²) in [6.07, 6.45) is 2.42. The molecule has 1 heterocycles. The Morgan fingerprint density at radius 2 is 1.86 bits per heavy atom. The maximum atomic E-state index is 12.3. The number of halogens is 1. The predicted octanol–water partition coefficient (Wildman–Crippen LogP) is 2.66. The van der Waals surface area contributed by atoms with Crippen LogP contribution < -0.4 is 0 Å². The number of carboxylic acids is 1. The first-order chi connectivity index (χ1) is 9.94. The molecule has 2 bridgehead atoms. The molecule has 1 aromatic carbocycles. The molecule has 21 heavy (non-hydrogen) atoms. The van der Waals surface area contributed by atoms with E-state index in [4.69, 9.17) is 11.6 Å². The molecule has 1 atom stereocenters. The van der Waals surface area contributed by atoms with Gasteiger partial charge in [0, 0.05) is 29.4 Å². The van der Waals surface area contributed by atoms with Gasteiger partial charge in [-0.25, -0.2) is 0 Å². The van der Waals surface area contributed by atoms with Gasteiger partial charge in [-0.2, -0.15) is 0 Å². The summed E-state index contributed by atoms with van der Waals surface area (Å²) in [5, 5.41) is 9.89. The van der Waals surface area contributed by atoms with E-state index in [1.165, 1.54) is 0 Å². The zero-order chi connectivity index (χ0) is 14.8. The fourth-order valence-electron chi connectivity index (χ4n) is 4.37. The molecule has 1 amide bonds. The first kappa shape index (κ1) is 13.1. The lowest BCUT2D eigenvalue weighted by Gasteiger charge is -2.71. The minimum Gasteiger partial charge on any atom is -0.481 e. The third kappa shape index (κ3) is 1.68. The number of rotatable bonds is 3. The summed E-state index contributed by atoms with van der Waals surface area (Å²) in [6, 6.07) is 7.66. The lowest BCUT2D eigenvalue weighted by Crippen LogP contribution is -2.77. The van der Waals surface area contributed by atoms with E-state index in [0.717, 1.165) is 5.56 Å². The molecule has 0 aromatic heterocycles. The zero-order valence-corrected chi connectivity index (χ0v) is 12.3. The molecule has 1 unspecified atom stereocenters. The van der Waals surface area contributed by atoms with Gasteiger partial charge in [0.05, 0.1) is 5.41 Å². The highest BCUT2D eigenvalue weighted by Gasteiger charge is 2.75. The minimum atomic E-state index is -0.703. The molecule has 0 spiro atoms. The highest BCUT2D eigenvalue weighted by Crippen LogP contribution is 2.70. The van der Waals surface area contributed by atoms with E-state index < -0.39 is 11.4 Å². The zero-order valence-electron chi connectivity index (χ0n) is 11.5. The van der Waals surface area contributed by atoms with Gasteiger partial charge in [0.2, 0.25) is 5.91 Å². The van der Waals surface area contributed by atoms with Gasteiger partial charge in [0.25, 0.3) is 0 Å². The first-order valence-corrected chi connectivity index (χ1v) is 7.61. The molecule has 4 fully saturated rings. The SMILES string of the molecule is O=C1CC(c2ccc(Cl)cc2)CN1C12CC(C(=O)O)(C1)C2. The normalized spacial score (nSPS) is 37.1. The average molecular weight is 306 g/mol. The molecule has 1 N–H and O–H groups in total. The van der Waals surface area contributed by atoms with Gasteiger partial charge in [-0.05, 0) is 37.0 Å². The van der Waals surface area contributed by atoms with E-state index in [9.17, 15) is 14.7 Å². The van der Waals surface area contributed by atoms with Crippen molar-refractivity contribution in [3.05, 3.63) is 34.9 Å². The highest BCUT2D eigenvalue weighted by atomic mass is 35.5. The van der Waals surface area contributed by atoms with Gasteiger partial charge >= 0.3 is 5.97 Å². The smallest absolute Gasteiger partial charge is 0.309 e. The Hall–Kier alpha value is -1.55. The standard InChI is InChI=1S/C16H16ClNO3/c17-12-3-1-10(2-4-12)11-5-13(19)18(6-11)16-7-15(8-16,9-16)14(20)21/h1-4,11H,5-9H2,(H,20,21). The lowest BCUT2D eigenvalue weighted by molar-refractivity contribution is -0.227. The van der Waals surface area contributed by atoms with Crippen LogP contribution in [0.15, 0.2) is 24.3 Å². The molecule has 4 aliphatic rings. The molecule has 1 aliphatic heterocycles. The van der Waals surface area contributed by atoms with Gasteiger partial charge in [0.1, 0.15) is 0 Å². The molecule has 110 valence electrons. The number of hydrogen-bond donors (Lipinski definition) is 1. The van der Waals surface area contributed by atoms with Crippen LogP contribution in [0, 0.1) is 5.41 Å². The number of nitrogens with zero attached hydrogens (tertiary/aromatic N) is 1. The van der Waals surface area contributed by atoms with Crippen LogP contribution in [0.2, 0.25) is 5.02 Å². The van der Waals surface area contributed by atoms with Crippen molar-refractivity contribution in [3.63, 3.8) is 0 Å². The van der Waals surface area contributed by atoms with Crippen molar-refractivity contribution in [1.82, 2.24) is 4.90 Å². The minimum absolute atomic E-state index is 0.156. The van der Waals surface area contributed by atoms with Gasteiger partial charge in [-0.15, -0.1) is 0 Å². The monoisotopic (exact) mass is 305 g/mol. The summed E-state index contributed by atoms with van der Waals surface area (Å²) in [6.45, 7) is 0.705. The molecule has 1 saturated heterocycles. The van der Waals surface area contributed by atoms with E-state index in [0.29, 0.717) is 37.3 Å². The first-order valence-electron chi connectivity index (χ1n) is 7.24. The summed E-state index contributed by atoms with van der Waals surface area (Å²) in [5.41, 5.74) is 0.449. The van der Waals surface area contributed by atoms with E-state index in [2.05, 4.69) is 0 Å². The maximum absolute atomic E-state index is 12.3. The Morgan fingerprint density at radius 1 is 1.24 bits per heavy atom. The van der Waals surface area contributed by atoms with E-state index in [-0.39, 0.29) is 17.4 Å². The lowest BCUT2D eigenvalue weighted by atomic mass is 9.39. The highest BCUT2D eigenvalue weighted by molar-refractivity contribution is 6.30. The van der Waals surface area contributed by atoms with Crippen LogP contribution in [0.4, 0.5) is 0 Å². The van der Waals surface area contributed by atoms with Crippen LogP contribution >= 0.6 is 11.6 Å². The van der Waals surface area contributed by atoms with Crippen LogP contribution in [0.5, 0.6) is 0 Å². The molecule has 3 aliphatic carbocycles. The molecular formula is C16H16ClNO3. The molecule has 3 saturated carbocycles. The third-order valence-corrected chi connectivity index (χ3v) is 5.75. The van der Waals surface area contributed by atoms with Crippen molar-refractivity contribution in [2.24, 2.45) is 5.41 Å². The Labute approximate surface area is 127 Å². The van der Waals surface area contributed by atoms with Crippen molar-refractivity contribution in [2.45, 2.75) is 37.1 Å². The number of benzene rings is 1. The Morgan fingerprint density at radius 3 is 2.43 bits per heavy atom. The number of amides is 1. The Balaban J connectivity index is 1.49. The number of aliphatic carboxylic acids is 1. The Bertz CT molecular complexity index is 620. The van der Waals surface area contributed by atoms with E-state index in [1.807, 2.05) is 29.2 Å². The summed E-state index contributed by atoms with van der Waals surface area (Å²) >= 11 is 5.90. The predicted molar refractivity (Wildman–Crippen MR) is 77.2 cm³/mol. The van der Waals surface area contributed by atoms with Gasteiger partial charge in [0.15, 0.2) is 0 Å². The number of carbonyl (C=O) groups is 2. The summed E-state index contributed by atoms with van der Waals surface area (Å²) < 4.78 is 0. The second-order valence-electron chi connectivity index (χ2n) is 6.80. The molecule has 5 heteroatoms. The van der Waals surface area contributed by atoms with Crippen molar-refractivity contribution < 1.29 is 14.7 Å². The number of hydrogen-bond acceptors (Lipinski definition) is 2. The van der Waals surface area contributed by atoms with E-state index in [1.54, 1.807) is 0 Å². The summed E-state index contributed by atoms with van der Waals surface area (Å²) in [7, 11) is 0. The molecule has 1 aromatic rings. The van der Waals surface area contributed by atoms with Crippen LogP contribution in [0.1, 0.15) is 37.2 Å². The number of carbonyl (C=O) groups excluding carboxylic acids is 1. The maximum Gasteiger partial charge on any atom is 0.309 e. The molecule has 4 nitrogen and oxygen atoms in total. The fourth-order valence-corrected chi connectivity index (χ4v) is 4.50. The Kier molecular flexibility index (Phi) is 2.51. The number of carboxylic acid groups (broad SMARTS) is 1. The van der Waals surface area contributed by atoms with Crippen molar-refractivity contribution >= 4 is 23.5 Å². The molecule has 0 radical (unpaired) electrons. The van der Waals surface area contributed by atoms with Gasteiger partial charge < -0.3 is 10.0 Å². The van der Waals surface area contributed by atoms with Crippen molar-refractivity contribution in [1.29, 1.82) is 0 Å². The van der Waals surface area contributed by atoms with Crippen LogP contribution in [-0.4, -0.2) is 34.0 Å². The summed E-state index contributed by atoms with van der Waals surface area (Å²) in [5.74, 6) is -0.344. The summed E-state index contributed by atoms with van der Waals surface area (Å²) in [4.78, 5) is 25.4. The average Bonchev–Trinajstić information content (AvgIpc) is 2.69. The molecular weight excluding hydrogens is 290 g/mol. The fraction of sp³-hybridized carbons (Fsp3) is 0.500. The quantitative estimate of drug-likeness (QED) is 0.934. The topological polar surface area (TPSA) is 57.6 Å². The number of likely N-dealkylation sites (tertiary alicyclic amines) is 1. The second kappa shape index (κ2) is 4.01. The van der Waals surface area contributed by atoms with E-state index >= 15 is 0 Å². The molecule has 5 rings (SSSR count). The third-order valence-electron chi connectivity index (χ3n) is 5.50. The van der Waals surface area contributed by atoms with Crippen molar-refractivity contribution in [3.8, 4) is 0 Å². The van der Waals surface area contributed by atoms with Gasteiger partial charge in [-0.1, -0.05) is 23.7 Å². The van der Waals surface area contributed by atoms with Crippen LogP contribution in [0.3, 0.4) is 0 Å². The van der Waals surface area contributed by atoms with Gasteiger partial charge in [-0.3, -0.25) is 9.59 Å². The van der Waals surface area contributed by atoms with Crippen LogP contribution in [0.25, 0.3) is 0 Å². The van der Waals surface area contributed by atoms with Crippen LogP contribution in [-0.2, 0) is 9.59 Å². The second-order valence-corrected chi connectivity index (χ2v) is 7.23. The largest absolute Gasteiger partial charge is 0.481 e.